The summed E-state index contributed by atoms with van der Waals surface area (Å²) >= 11 is 0. The minimum atomic E-state index is 0.0106. The fraction of sp³-hybridized carbons (Fsp3) is 0.588. The number of nitrogens with one attached hydrogen (secondary N) is 2. The van der Waals surface area contributed by atoms with E-state index in [0.717, 1.165) is 36.2 Å². The van der Waals surface area contributed by atoms with Crippen molar-refractivity contribution < 1.29 is 4.79 Å². The second-order valence-electron chi connectivity index (χ2n) is 5.62. The van der Waals surface area contributed by atoms with Gasteiger partial charge in [-0.05, 0) is 43.9 Å². The van der Waals surface area contributed by atoms with Gasteiger partial charge in [-0.25, -0.2) is 0 Å². The van der Waals surface area contributed by atoms with Gasteiger partial charge in [-0.2, -0.15) is 0 Å². The van der Waals surface area contributed by atoms with Crippen molar-refractivity contribution in [3.63, 3.8) is 0 Å². The zero-order valence-corrected chi connectivity index (χ0v) is 13.4. The summed E-state index contributed by atoms with van der Waals surface area (Å²) in [7, 11) is 0. The van der Waals surface area contributed by atoms with E-state index >= 15 is 0 Å². The van der Waals surface area contributed by atoms with E-state index in [1.807, 2.05) is 25.1 Å². The van der Waals surface area contributed by atoms with Crippen LogP contribution in [0.4, 0.5) is 5.69 Å². The molecule has 0 aromatic heterocycles. The summed E-state index contributed by atoms with van der Waals surface area (Å²) < 4.78 is 0. The molecule has 1 aromatic rings. The molecule has 2 atom stereocenters. The maximum Gasteiger partial charge on any atom is 0.253 e. The number of carbonyl (C=O) groups excluding carboxylic acids is 1. The van der Waals surface area contributed by atoms with Gasteiger partial charge in [0.15, 0.2) is 0 Å². The third-order valence-corrected chi connectivity index (χ3v) is 3.84. The van der Waals surface area contributed by atoms with Crippen LogP contribution < -0.4 is 10.6 Å². The molecule has 3 nitrogen and oxygen atoms in total. The summed E-state index contributed by atoms with van der Waals surface area (Å²) in [5.41, 5.74) is 2.83. The standard InChI is InChI=1S/C17H28N2O/c1-6-10-18-16-11-12(3)8-9-15(16)17(20)19-14(5)13(4)7-2/h8-9,11,13-14,18H,6-7,10H2,1-5H3,(H,19,20). The number of rotatable bonds is 7. The molecular formula is C17H28N2O. The number of hydrogen-bond acceptors (Lipinski definition) is 2. The van der Waals surface area contributed by atoms with Crippen LogP contribution in [0.2, 0.25) is 0 Å². The van der Waals surface area contributed by atoms with E-state index in [-0.39, 0.29) is 11.9 Å². The predicted octanol–water partition coefficient (Wildman–Crippen LogP) is 3.98. The lowest BCUT2D eigenvalue weighted by Crippen LogP contribution is -2.37. The van der Waals surface area contributed by atoms with Gasteiger partial charge < -0.3 is 10.6 Å². The van der Waals surface area contributed by atoms with E-state index in [2.05, 4.69) is 38.3 Å². The third-order valence-electron chi connectivity index (χ3n) is 3.84. The smallest absolute Gasteiger partial charge is 0.253 e. The Morgan fingerprint density at radius 2 is 1.95 bits per heavy atom. The normalized spacial score (nSPS) is 13.7. The summed E-state index contributed by atoms with van der Waals surface area (Å²) in [6, 6.07) is 6.12. The molecule has 1 rings (SSSR count). The van der Waals surface area contributed by atoms with E-state index in [1.54, 1.807) is 0 Å². The molecule has 0 aliphatic carbocycles. The summed E-state index contributed by atoms with van der Waals surface area (Å²) in [6.45, 7) is 11.4. The van der Waals surface area contributed by atoms with Crippen LogP contribution in [0.5, 0.6) is 0 Å². The van der Waals surface area contributed by atoms with Crippen LogP contribution in [-0.2, 0) is 0 Å². The highest BCUT2D eigenvalue weighted by molar-refractivity contribution is 5.99. The summed E-state index contributed by atoms with van der Waals surface area (Å²) in [4.78, 5) is 12.4. The van der Waals surface area contributed by atoms with Crippen LogP contribution in [0, 0.1) is 12.8 Å². The molecule has 0 aliphatic rings. The molecule has 20 heavy (non-hydrogen) atoms. The number of carbonyl (C=O) groups is 1. The Bertz CT molecular complexity index is 443. The van der Waals surface area contributed by atoms with Crippen molar-refractivity contribution in [1.29, 1.82) is 0 Å². The molecule has 2 unspecified atom stereocenters. The number of amides is 1. The highest BCUT2D eigenvalue weighted by Gasteiger charge is 2.16. The van der Waals surface area contributed by atoms with Crippen molar-refractivity contribution in [3.8, 4) is 0 Å². The first-order valence-corrected chi connectivity index (χ1v) is 7.64. The molecule has 1 aromatic carbocycles. The van der Waals surface area contributed by atoms with Gasteiger partial charge in [-0.3, -0.25) is 4.79 Å². The van der Waals surface area contributed by atoms with Crippen molar-refractivity contribution in [2.75, 3.05) is 11.9 Å². The highest BCUT2D eigenvalue weighted by atomic mass is 16.1. The van der Waals surface area contributed by atoms with E-state index < -0.39 is 0 Å². The van der Waals surface area contributed by atoms with E-state index in [9.17, 15) is 4.79 Å². The van der Waals surface area contributed by atoms with E-state index in [4.69, 9.17) is 0 Å². The van der Waals surface area contributed by atoms with Gasteiger partial charge in [0, 0.05) is 18.3 Å². The van der Waals surface area contributed by atoms with E-state index in [1.165, 1.54) is 0 Å². The maximum absolute atomic E-state index is 12.4. The van der Waals surface area contributed by atoms with Crippen molar-refractivity contribution in [1.82, 2.24) is 5.32 Å². The highest BCUT2D eigenvalue weighted by Crippen LogP contribution is 2.18. The largest absolute Gasteiger partial charge is 0.384 e. The Labute approximate surface area is 123 Å². The van der Waals surface area contributed by atoms with Crippen LogP contribution in [0.25, 0.3) is 0 Å². The average Bonchev–Trinajstić information content (AvgIpc) is 2.43. The Hall–Kier alpha value is -1.51. The van der Waals surface area contributed by atoms with Crippen LogP contribution in [0.3, 0.4) is 0 Å². The van der Waals surface area contributed by atoms with Crippen LogP contribution in [0.15, 0.2) is 18.2 Å². The SMILES string of the molecule is CCCNc1cc(C)ccc1C(=O)NC(C)C(C)CC. The predicted molar refractivity (Wildman–Crippen MR) is 86.3 cm³/mol. The molecule has 0 spiro atoms. The van der Waals surface area contributed by atoms with Crippen molar-refractivity contribution >= 4 is 11.6 Å². The summed E-state index contributed by atoms with van der Waals surface area (Å²) in [5, 5.41) is 6.44. The second-order valence-corrected chi connectivity index (χ2v) is 5.62. The topological polar surface area (TPSA) is 41.1 Å². The lowest BCUT2D eigenvalue weighted by molar-refractivity contribution is 0.0929. The molecule has 2 N–H and O–H groups in total. The lowest BCUT2D eigenvalue weighted by Gasteiger charge is -2.21. The second kappa shape index (κ2) is 7.93. The van der Waals surface area contributed by atoms with Crippen LogP contribution in [-0.4, -0.2) is 18.5 Å². The lowest BCUT2D eigenvalue weighted by atomic mass is 10.00. The molecule has 0 heterocycles. The fourth-order valence-electron chi connectivity index (χ4n) is 2.04. The van der Waals surface area contributed by atoms with Gasteiger partial charge in [0.2, 0.25) is 0 Å². The average molecular weight is 276 g/mol. The first kappa shape index (κ1) is 16.5. The van der Waals surface area contributed by atoms with Gasteiger partial charge in [0.1, 0.15) is 0 Å². The summed E-state index contributed by atoms with van der Waals surface area (Å²) in [6.07, 6.45) is 2.11. The minimum absolute atomic E-state index is 0.0106. The van der Waals surface area contributed by atoms with Crippen molar-refractivity contribution in [2.24, 2.45) is 5.92 Å². The first-order chi connectivity index (χ1) is 9.49. The quantitative estimate of drug-likeness (QED) is 0.791. The third kappa shape index (κ3) is 4.55. The fourth-order valence-corrected chi connectivity index (χ4v) is 2.04. The van der Waals surface area contributed by atoms with Crippen LogP contribution >= 0.6 is 0 Å². The maximum atomic E-state index is 12.4. The van der Waals surface area contributed by atoms with Gasteiger partial charge in [0.25, 0.3) is 5.91 Å². The molecule has 0 radical (unpaired) electrons. The number of aryl methyl sites for hydroxylation is 1. The molecule has 0 fully saturated rings. The number of hydrogen-bond donors (Lipinski definition) is 2. The Morgan fingerprint density at radius 1 is 1.25 bits per heavy atom. The molecular weight excluding hydrogens is 248 g/mol. The van der Waals surface area contributed by atoms with Crippen LogP contribution in [0.1, 0.15) is 56.5 Å². The van der Waals surface area contributed by atoms with Crippen molar-refractivity contribution in [2.45, 2.75) is 53.5 Å². The zero-order chi connectivity index (χ0) is 15.1. The number of anilines is 1. The zero-order valence-electron chi connectivity index (χ0n) is 13.4. The van der Waals surface area contributed by atoms with Gasteiger partial charge in [-0.1, -0.05) is 33.3 Å². The monoisotopic (exact) mass is 276 g/mol. The molecule has 1 amide bonds. The first-order valence-electron chi connectivity index (χ1n) is 7.64. The number of benzene rings is 1. The minimum Gasteiger partial charge on any atom is -0.384 e. The molecule has 0 saturated carbocycles. The molecule has 3 heteroatoms. The molecule has 0 saturated heterocycles. The van der Waals surface area contributed by atoms with E-state index in [0.29, 0.717) is 5.92 Å². The Kier molecular flexibility index (Phi) is 6.56. The van der Waals surface area contributed by atoms with Gasteiger partial charge in [0.05, 0.1) is 5.56 Å². The molecule has 0 bridgehead atoms. The Morgan fingerprint density at radius 3 is 2.55 bits per heavy atom. The van der Waals surface area contributed by atoms with Crippen molar-refractivity contribution in [3.05, 3.63) is 29.3 Å². The van der Waals surface area contributed by atoms with Gasteiger partial charge in [-0.15, -0.1) is 0 Å². The summed E-state index contributed by atoms with van der Waals surface area (Å²) in [5.74, 6) is 0.493. The Balaban J connectivity index is 2.86. The van der Waals surface area contributed by atoms with Gasteiger partial charge >= 0.3 is 0 Å². The molecule has 112 valence electrons. The molecule has 0 aliphatic heterocycles.